The molecule has 0 saturated carbocycles. The normalized spacial score (nSPS) is 22.7. The number of hydrogen-bond donors (Lipinski definition) is 1. The van der Waals surface area contributed by atoms with E-state index in [0.29, 0.717) is 11.8 Å². The third-order valence-electron chi connectivity index (χ3n) is 1.84. The van der Waals surface area contributed by atoms with E-state index >= 15 is 0 Å². The second-order valence-electron chi connectivity index (χ2n) is 3.86. The van der Waals surface area contributed by atoms with E-state index in [-0.39, 0.29) is 0 Å². The Morgan fingerprint density at radius 3 is 2.92 bits per heavy atom. The number of nitrogens with zero attached hydrogens (tertiary/aromatic N) is 1. The first-order valence-electron chi connectivity index (χ1n) is 4.66. The number of aliphatic imine (C=N–C) groups is 1. The molecule has 68 valence electrons. The van der Waals surface area contributed by atoms with Gasteiger partial charge >= 0.3 is 0 Å². The summed E-state index contributed by atoms with van der Waals surface area (Å²) in [6, 6.07) is 0. The predicted octanol–water partition coefficient (Wildman–Crippen LogP) is 2.18. The van der Waals surface area contributed by atoms with E-state index in [1.807, 2.05) is 6.21 Å². The van der Waals surface area contributed by atoms with Gasteiger partial charge in [-0.1, -0.05) is 20.8 Å². The molecule has 0 aromatic heterocycles. The Kier molecular flexibility index (Phi) is 3.32. The van der Waals surface area contributed by atoms with E-state index in [1.165, 1.54) is 0 Å². The van der Waals surface area contributed by atoms with Crippen LogP contribution < -0.4 is 5.32 Å². The summed E-state index contributed by atoms with van der Waals surface area (Å²) in [5.74, 6) is 2.33. The van der Waals surface area contributed by atoms with Crippen molar-refractivity contribution in [2.45, 2.75) is 27.2 Å². The van der Waals surface area contributed by atoms with Crippen molar-refractivity contribution in [1.29, 1.82) is 0 Å². The van der Waals surface area contributed by atoms with Crippen LogP contribution in [0.25, 0.3) is 0 Å². The molecule has 0 radical (unpaired) electrons. The topological polar surface area (TPSA) is 24.4 Å². The van der Waals surface area contributed by atoms with E-state index in [1.54, 1.807) is 0 Å². The van der Waals surface area contributed by atoms with E-state index < -0.39 is 0 Å². The molecule has 2 nitrogen and oxygen atoms in total. The zero-order valence-corrected chi connectivity index (χ0v) is 8.17. The Morgan fingerprint density at radius 2 is 2.42 bits per heavy atom. The Hall–Kier alpha value is -0.790. The lowest BCUT2D eigenvalue weighted by Gasteiger charge is -2.13. The second-order valence-corrected chi connectivity index (χ2v) is 3.86. The first-order valence-corrected chi connectivity index (χ1v) is 4.66. The molecule has 2 heteroatoms. The first-order chi connectivity index (χ1) is 5.68. The van der Waals surface area contributed by atoms with Crippen LogP contribution in [0.4, 0.5) is 0 Å². The van der Waals surface area contributed by atoms with Gasteiger partial charge in [0.1, 0.15) is 5.82 Å². The molecule has 1 heterocycles. The van der Waals surface area contributed by atoms with Crippen LogP contribution in [-0.2, 0) is 0 Å². The highest BCUT2D eigenvalue weighted by Gasteiger charge is 2.04. The van der Waals surface area contributed by atoms with Gasteiger partial charge in [-0.15, -0.1) is 0 Å². The molecular weight excluding hydrogens is 148 g/mol. The molecule has 0 aromatic rings. The van der Waals surface area contributed by atoms with Crippen molar-refractivity contribution in [2.24, 2.45) is 16.8 Å². The smallest absolute Gasteiger partial charge is 0.121 e. The highest BCUT2D eigenvalue weighted by atomic mass is 15.0. The highest BCUT2D eigenvalue weighted by Crippen LogP contribution is 2.09. The standard InChI is InChI=1S/C10H18N2/c1-8(2)6-11-10-5-4-9(3)7-12-10/h5,7-9,11H,4,6H2,1-3H3. The summed E-state index contributed by atoms with van der Waals surface area (Å²) in [5.41, 5.74) is 0. The molecule has 0 bridgehead atoms. The van der Waals surface area contributed by atoms with Crippen LogP contribution in [0, 0.1) is 11.8 Å². The molecular formula is C10H18N2. The minimum Gasteiger partial charge on any atom is -0.370 e. The van der Waals surface area contributed by atoms with Gasteiger partial charge in [-0.3, -0.25) is 0 Å². The van der Waals surface area contributed by atoms with Gasteiger partial charge in [0, 0.05) is 12.8 Å². The average Bonchev–Trinajstić information content (AvgIpc) is 2.03. The van der Waals surface area contributed by atoms with Gasteiger partial charge in [-0.05, 0) is 24.3 Å². The maximum Gasteiger partial charge on any atom is 0.121 e. The van der Waals surface area contributed by atoms with Gasteiger partial charge in [0.25, 0.3) is 0 Å². The number of hydrogen-bond acceptors (Lipinski definition) is 2. The van der Waals surface area contributed by atoms with Crippen LogP contribution in [0.15, 0.2) is 16.9 Å². The molecule has 1 aliphatic heterocycles. The lowest BCUT2D eigenvalue weighted by molar-refractivity contribution is 0.588. The van der Waals surface area contributed by atoms with E-state index in [0.717, 1.165) is 18.8 Å². The monoisotopic (exact) mass is 166 g/mol. The zero-order valence-electron chi connectivity index (χ0n) is 8.17. The predicted molar refractivity (Wildman–Crippen MR) is 53.2 cm³/mol. The number of rotatable bonds is 3. The largest absolute Gasteiger partial charge is 0.370 e. The Balaban J connectivity index is 2.30. The highest BCUT2D eigenvalue weighted by molar-refractivity contribution is 5.63. The van der Waals surface area contributed by atoms with Gasteiger partial charge in [0.15, 0.2) is 0 Å². The fourth-order valence-electron chi connectivity index (χ4n) is 1.05. The summed E-state index contributed by atoms with van der Waals surface area (Å²) in [4.78, 5) is 4.31. The van der Waals surface area contributed by atoms with Gasteiger partial charge in [-0.25, -0.2) is 4.99 Å². The van der Waals surface area contributed by atoms with Gasteiger partial charge in [0.05, 0.1) is 0 Å². The fraction of sp³-hybridized carbons (Fsp3) is 0.700. The van der Waals surface area contributed by atoms with Crippen LogP contribution in [0.2, 0.25) is 0 Å². The van der Waals surface area contributed by atoms with Crippen molar-refractivity contribution in [3.05, 3.63) is 11.9 Å². The third-order valence-corrected chi connectivity index (χ3v) is 1.84. The lowest BCUT2D eigenvalue weighted by Crippen LogP contribution is -2.20. The van der Waals surface area contributed by atoms with Crippen LogP contribution in [0.3, 0.4) is 0 Å². The third kappa shape index (κ3) is 3.07. The van der Waals surface area contributed by atoms with Crippen molar-refractivity contribution >= 4 is 6.21 Å². The molecule has 1 atom stereocenters. The van der Waals surface area contributed by atoms with E-state index in [9.17, 15) is 0 Å². The van der Waals surface area contributed by atoms with Crippen LogP contribution in [0.1, 0.15) is 27.2 Å². The molecule has 0 aliphatic carbocycles. The molecule has 0 spiro atoms. The van der Waals surface area contributed by atoms with Crippen molar-refractivity contribution in [3.8, 4) is 0 Å². The first kappa shape index (κ1) is 9.30. The van der Waals surface area contributed by atoms with Crippen molar-refractivity contribution < 1.29 is 0 Å². The summed E-state index contributed by atoms with van der Waals surface area (Å²) in [7, 11) is 0. The molecule has 12 heavy (non-hydrogen) atoms. The molecule has 1 aliphatic rings. The van der Waals surface area contributed by atoms with Crippen LogP contribution in [-0.4, -0.2) is 12.8 Å². The van der Waals surface area contributed by atoms with Gasteiger partial charge in [-0.2, -0.15) is 0 Å². The maximum absolute atomic E-state index is 4.31. The Bertz CT molecular complexity index is 192. The summed E-state index contributed by atoms with van der Waals surface area (Å²) < 4.78 is 0. The van der Waals surface area contributed by atoms with E-state index in [2.05, 4.69) is 37.2 Å². The summed E-state index contributed by atoms with van der Waals surface area (Å²) in [6.07, 6.45) is 5.31. The molecule has 1 N–H and O–H groups in total. The van der Waals surface area contributed by atoms with Crippen molar-refractivity contribution in [1.82, 2.24) is 5.32 Å². The minimum atomic E-state index is 0.606. The summed E-state index contributed by atoms with van der Waals surface area (Å²) in [6.45, 7) is 7.59. The molecule has 0 saturated heterocycles. The quantitative estimate of drug-likeness (QED) is 0.682. The molecule has 0 aromatic carbocycles. The van der Waals surface area contributed by atoms with Crippen molar-refractivity contribution in [3.63, 3.8) is 0 Å². The Labute approximate surface area is 74.8 Å². The van der Waals surface area contributed by atoms with Crippen LogP contribution in [0.5, 0.6) is 0 Å². The molecule has 0 fully saturated rings. The molecule has 1 rings (SSSR count). The van der Waals surface area contributed by atoms with E-state index in [4.69, 9.17) is 0 Å². The fourth-order valence-corrected chi connectivity index (χ4v) is 1.05. The summed E-state index contributed by atoms with van der Waals surface area (Å²) in [5, 5.41) is 3.30. The molecule has 1 unspecified atom stereocenters. The molecule has 0 amide bonds. The zero-order chi connectivity index (χ0) is 8.97. The Morgan fingerprint density at radius 1 is 1.67 bits per heavy atom. The second kappa shape index (κ2) is 4.29. The van der Waals surface area contributed by atoms with Gasteiger partial charge in [0.2, 0.25) is 0 Å². The summed E-state index contributed by atoms with van der Waals surface area (Å²) >= 11 is 0. The van der Waals surface area contributed by atoms with Crippen molar-refractivity contribution in [2.75, 3.05) is 6.54 Å². The number of allylic oxidation sites excluding steroid dienone is 1. The number of nitrogens with one attached hydrogen (secondary N) is 1. The minimum absolute atomic E-state index is 0.606. The van der Waals surface area contributed by atoms with Gasteiger partial charge < -0.3 is 5.32 Å². The maximum atomic E-state index is 4.31. The SMILES string of the molecule is CC(C)CNC1=CCC(C)C=N1. The lowest BCUT2D eigenvalue weighted by atomic mass is 10.1. The average molecular weight is 166 g/mol. The van der Waals surface area contributed by atoms with Crippen LogP contribution >= 0.6 is 0 Å².